The number of aromatic amines is 1. The quantitative estimate of drug-likeness (QED) is 0.294. The fraction of sp³-hybridized carbons (Fsp3) is 0.500. The van der Waals surface area contributed by atoms with E-state index in [1.54, 1.807) is 0 Å². The van der Waals surface area contributed by atoms with Crippen LogP contribution in [0.5, 0.6) is 0 Å². The molecule has 0 fully saturated rings. The van der Waals surface area contributed by atoms with E-state index in [1.807, 2.05) is 13.8 Å². The molecule has 0 bridgehead atoms. The van der Waals surface area contributed by atoms with Crippen molar-refractivity contribution in [3.8, 4) is 10.8 Å². The van der Waals surface area contributed by atoms with Crippen molar-refractivity contribution in [2.24, 2.45) is 0 Å². The van der Waals surface area contributed by atoms with Crippen LogP contribution in [0, 0.1) is 6.92 Å². The molecule has 4 rings (SSSR count). The van der Waals surface area contributed by atoms with Gasteiger partial charge in [-0.2, -0.15) is 9.97 Å². The molecule has 11 nitrogen and oxygen atoms in total. The van der Waals surface area contributed by atoms with Gasteiger partial charge in [-0.25, -0.2) is 4.79 Å². The highest BCUT2D eigenvalue weighted by atomic mass is 35.5. The zero-order chi connectivity index (χ0) is 22.0. The lowest BCUT2D eigenvalue weighted by molar-refractivity contribution is 0.421. The van der Waals surface area contributed by atoms with Crippen LogP contribution < -0.4 is 11.2 Å². The molecule has 0 saturated heterocycles. The van der Waals surface area contributed by atoms with E-state index in [1.165, 1.54) is 20.7 Å². The molecule has 0 aliphatic heterocycles. The maximum Gasteiger partial charge on any atom is 0.332 e. The molecule has 0 aliphatic carbocycles. The highest BCUT2D eigenvalue weighted by Gasteiger charge is 2.17. The molecule has 0 spiro atoms. The summed E-state index contributed by atoms with van der Waals surface area (Å²) in [5.74, 6) is 0.963. The first-order chi connectivity index (χ1) is 15.0. The van der Waals surface area contributed by atoms with E-state index in [9.17, 15) is 9.59 Å². The summed E-state index contributed by atoms with van der Waals surface area (Å²) in [6.07, 6.45) is 3.55. The summed E-state index contributed by atoms with van der Waals surface area (Å²) in [6.45, 7) is 4.62. The van der Waals surface area contributed by atoms with Gasteiger partial charge in [0.1, 0.15) is 4.88 Å². The topological polar surface area (TPSA) is 137 Å². The second-order valence-corrected chi connectivity index (χ2v) is 8.24. The third-order valence-corrected chi connectivity index (χ3v) is 5.91. The Morgan fingerprint density at radius 2 is 1.94 bits per heavy atom. The van der Waals surface area contributed by atoms with Crippen molar-refractivity contribution in [3.05, 3.63) is 37.6 Å². The molecule has 0 atom stereocenters. The van der Waals surface area contributed by atoms with E-state index >= 15 is 0 Å². The zero-order valence-electron chi connectivity index (χ0n) is 17.1. The van der Waals surface area contributed by atoms with E-state index in [-0.39, 0.29) is 23.0 Å². The molecule has 1 N–H and O–H groups in total. The van der Waals surface area contributed by atoms with Crippen molar-refractivity contribution in [3.63, 3.8) is 0 Å². The minimum absolute atomic E-state index is 0.0915. The van der Waals surface area contributed by atoms with E-state index < -0.39 is 5.56 Å². The maximum absolute atomic E-state index is 12.9. The van der Waals surface area contributed by atoms with Gasteiger partial charge >= 0.3 is 5.69 Å². The lowest BCUT2D eigenvalue weighted by Gasteiger charge is -2.10. The van der Waals surface area contributed by atoms with Gasteiger partial charge in [0.05, 0.1) is 5.69 Å². The zero-order valence-corrected chi connectivity index (χ0v) is 18.7. The molecule has 0 amide bonds. The first-order valence-corrected chi connectivity index (χ1v) is 11.2. The summed E-state index contributed by atoms with van der Waals surface area (Å²) in [5, 5.41) is 8.02. The molecule has 4 aromatic heterocycles. The summed E-state index contributed by atoms with van der Waals surface area (Å²) >= 11 is 7.15. The average Bonchev–Trinajstić information content (AvgIpc) is 3.47. The van der Waals surface area contributed by atoms with Crippen LogP contribution in [0.15, 0.2) is 14.1 Å². The first-order valence-electron chi connectivity index (χ1n) is 10.00. The van der Waals surface area contributed by atoms with Gasteiger partial charge in [-0.05, 0) is 49.3 Å². The maximum atomic E-state index is 12.9. The van der Waals surface area contributed by atoms with Crippen LogP contribution in [0.1, 0.15) is 44.1 Å². The molecule has 4 aromatic rings. The van der Waals surface area contributed by atoms with Crippen molar-refractivity contribution < 1.29 is 4.52 Å². The predicted octanol–water partition coefficient (Wildman–Crippen LogP) is 2.57. The van der Waals surface area contributed by atoms with Crippen molar-refractivity contribution in [2.75, 3.05) is 0 Å². The number of rotatable bonds is 9. The Morgan fingerprint density at radius 3 is 2.68 bits per heavy atom. The van der Waals surface area contributed by atoms with Crippen LogP contribution in [0.2, 0.25) is 5.28 Å². The Balaban J connectivity index is 1.47. The Labute approximate surface area is 185 Å². The molecular formula is C18H21ClN8O3S. The number of halogens is 1. The smallest absolute Gasteiger partial charge is 0.332 e. The summed E-state index contributed by atoms with van der Waals surface area (Å²) in [6, 6.07) is 0. The van der Waals surface area contributed by atoms with Gasteiger partial charge in [0, 0.05) is 19.5 Å². The Morgan fingerprint density at radius 1 is 1.13 bits per heavy atom. The van der Waals surface area contributed by atoms with Crippen LogP contribution in [0.3, 0.4) is 0 Å². The standard InChI is InChI=1S/C18H21ClN8O3S/c1-3-4-8-26-14-12(21-17(19)22-14)16(28)27(18(26)29)9-6-5-7-11-20-15(30-24-11)13-10(2)23-25-31-13/h3-9H2,1-2H3,(H,21,22). The molecule has 0 saturated carbocycles. The summed E-state index contributed by atoms with van der Waals surface area (Å²) in [7, 11) is 0. The van der Waals surface area contributed by atoms with Gasteiger partial charge in [-0.1, -0.05) is 23.0 Å². The lowest BCUT2D eigenvalue weighted by atomic mass is 10.2. The number of aryl methyl sites for hydroxylation is 3. The van der Waals surface area contributed by atoms with Crippen LogP contribution >= 0.6 is 23.1 Å². The second-order valence-electron chi connectivity index (χ2n) is 7.13. The molecule has 0 aliphatic rings. The molecule has 13 heteroatoms. The molecule has 4 heterocycles. The Bertz CT molecular complexity index is 1320. The number of nitrogens with one attached hydrogen (secondary N) is 1. The molecule has 0 unspecified atom stereocenters. The van der Waals surface area contributed by atoms with E-state index in [0.29, 0.717) is 43.2 Å². The number of hydrogen-bond acceptors (Lipinski definition) is 9. The SMILES string of the molecule is CCCCn1c(=O)n(CCCCc2noc(-c3snnc3C)n2)c(=O)c2[nH]c(Cl)nc21. The largest absolute Gasteiger partial charge is 0.333 e. The van der Waals surface area contributed by atoms with Gasteiger partial charge in [-0.15, -0.1) is 5.10 Å². The number of imidazole rings is 1. The monoisotopic (exact) mass is 464 g/mol. The highest BCUT2D eigenvalue weighted by molar-refractivity contribution is 7.09. The average molecular weight is 465 g/mol. The third-order valence-electron chi connectivity index (χ3n) is 4.91. The second kappa shape index (κ2) is 9.10. The van der Waals surface area contributed by atoms with Crippen LogP contribution in [-0.2, 0) is 19.5 Å². The molecule has 31 heavy (non-hydrogen) atoms. The summed E-state index contributed by atoms with van der Waals surface area (Å²) in [5.41, 5.74) is 0.508. The van der Waals surface area contributed by atoms with E-state index in [0.717, 1.165) is 23.4 Å². The minimum atomic E-state index is -0.415. The van der Waals surface area contributed by atoms with Crippen LogP contribution in [0.4, 0.5) is 0 Å². The number of aromatic nitrogens is 8. The van der Waals surface area contributed by atoms with Crippen molar-refractivity contribution in [1.29, 1.82) is 0 Å². The number of unbranched alkanes of at least 4 members (excludes halogenated alkanes) is 2. The normalized spacial score (nSPS) is 11.6. The summed E-state index contributed by atoms with van der Waals surface area (Å²) in [4.78, 5) is 37.7. The third kappa shape index (κ3) is 4.30. The minimum Gasteiger partial charge on any atom is -0.333 e. The van der Waals surface area contributed by atoms with E-state index in [4.69, 9.17) is 16.1 Å². The van der Waals surface area contributed by atoms with Gasteiger partial charge in [0.15, 0.2) is 17.0 Å². The van der Waals surface area contributed by atoms with Crippen molar-refractivity contribution >= 4 is 34.3 Å². The molecular weight excluding hydrogens is 444 g/mol. The lowest BCUT2D eigenvalue weighted by Crippen LogP contribution is -2.40. The molecule has 164 valence electrons. The van der Waals surface area contributed by atoms with Crippen LogP contribution in [0.25, 0.3) is 21.9 Å². The van der Waals surface area contributed by atoms with Crippen molar-refractivity contribution in [1.82, 2.24) is 38.8 Å². The predicted molar refractivity (Wildman–Crippen MR) is 115 cm³/mol. The van der Waals surface area contributed by atoms with Gasteiger partial charge < -0.3 is 9.51 Å². The fourth-order valence-corrected chi connectivity index (χ4v) is 4.04. The van der Waals surface area contributed by atoms with Gasteiger partial charge in [0.2, 0.25) is 5.28 Å². The number of H-pyrrole nitrogens is 1. The van der Waals surface area contributed by atoms with E-state index in [2.05, 4.69) is 29.7 Å². The number of nitrogens with zero attached hydrogens (tertiary/aromatic N) is 7. The first kappa shape index (κ1) is 21.4. The molecule has 0 aromatic carbocycles. The fourth-order valence-electron chi connectivity index (χ4n) is 3.28. The number of fused-ring (bicyclic) bond motifs is 1. The Hall–Kier alpha value is -2.86. The van der Waals surface area contributed by atoms with Gasteiger partial charge in [-0.3, -0.25) is 13.9 Å². The Kier molecular flexibility index (Phi) is 6.28. The van der Waals surface area contributed by atoms with Crippen LogP contribution in [-0.4, -0.2) is 38.8 Å². The highest BCUT2D eigenvalue weighted by Crippen LogP contribution is 2.23. The molecule has 0 radical (unpaired) electrons. The van der Waals surface area contributed by atoms with Gasteiger partial charge in [0.25, 0.3) is 11.4 Å². The number of hydrogen-bond donors (Lipinski definition) is 1. The van der Waals surface area contributed by atoms with Crippen molar-refractivity contribution in [2.45, 2.75) is 59.0 Å². The summed E-state index contributed by atoms with van der Waals surface area (Å²) < 4.78 is 11.9.